The SMILES string of the molecule is CCNC(=NCCCc1c[nH]c2ccccc12)NCCCOC. The first-order valence-electron chi connectivity index (χ1n) is 8.41. The first-order chi connectivity index (χ1) is 11.3. The lowest BCUT2D eigenvalue weighted by atomic mass is 10.1. The number of nitrogens with one attached hydrogen (secondary N) is 3. The number of rotatable bonds is 9. The zero-order chi connectivity index (χ0) is 16.3. The maximum Gasteiger partial charge on any atom is 0.191 e. The van der Waals surface area contributed by atoms with E-state index in [9.17, 15) is 0 Å². The number of aromatic amines is 1. The summed E-state index contributed by atoms with van der Waals surface area (Å²) in [5.74, 6) is 0.891. The lowest BCUT2D eigenvalue weighted by molar-refractivity contribution is 0.195. The van der Waals surface area contributed by atoms with Crippen LogP contribution in [0.15, 0.2) is 35.5 Å². The number of aryl methyl sites for hydroxylation is 1. The van der Waals surface area contributed by atoms with E-state index in [1.165, 1.54) is 16.5 Å². The van der Waals surface area contributed by atoms with Crippen molar-refractivity contribution in [2.24, 2.45) is 4.99 Å². The van der Waals surface area contributed by atoms with E-state index in [1.807, 2.05) is 0 Å². The van der Waals surface area contributed by atoms with Crippen LogP contribution >= 0.6 is 0 Å². The number of para-hydroxylation sites is 1. The Kier molecular flexibility index (Phi) is 7.46. The fourth-order valence-electron chi connectivity index (χ4n) is 2.56. The van der Waals surface area contributed by atoms with Crippen LogP contribution in [0.4, 0.5) is 0 Å². The highest BCUT2D eigenvalue weighted by Gasteiger charge is 2.02. The number of hydrogen-bond donors (Lipinski definition) is 3. The van der Waals surface area contributed by atoms with Gasteiger partial charge < -0.3 is 20.4 Å². The normalized spacial score (nSPS) is 11.8. The van der Waals surface area contributed by atoms with Crippen LogP contribution in [-0.2, 0) is 11.2 Å². The molecular formula is C18H28N4O. The van der Waals surface area contributed by atoms with E-state index >= 15 is 0 Å². The second-order valence-electron chi connectivity index (χ2n) is 5.50. The Balaban J connectivity index is 1.78. The zero-order valence-corrected chi connectivity index (χ0v) is 14.2. The lowest BCUT2D eigenvalue weighted by Gasteiger charge is -2.10. The molecule has 2 aromatic rings. The Hall–Kier alpha value is -2.01. The molecule has 0 amide bonds. The van der Waals surface area contributed by atoms with Crippen LogP contribution in [0.3, 0.4) is 0 Å². The van der Waals surface area contributed by atoms with E-state index in [-0.39, 0.29) is 0 Å². The summed E-state index contributed by atoms with van der Waals surface area (Å²) in [4.78, 5) is 7.96. The van der Waals surface area contributed by atoms with E-state index in [4.69, 9.17) is 4.74 Å². The van der Waals surface area contributed by atoms with Crippen LogP contribution in [-0.4, -0.2) is 44.3 Å². The highest BCUT2D eigenvalue weighted by atomic mass is 16.5. The van der Waals surface area contributed by atoms with E-state index in [2.05, 4.69) is 58.0 Å². The number of nitrogens with zero attached hydrogens (tertiary/aromatic N) is 1. The molecule has 0 fully saturated rings. The molecule has 2 rings (SSSR count). The van der Waals surface area contributed by atoms with Gasteiger partial charge in [-0.2, -0.15) is 0 Å². The van der Waals surface area contributed by atoms with Gasteiger partial charge in [-0.1, -0.05) is 18.2 Å². The van der Waals surface area contributed by atoms with Crippen molar-refractivity contribution in [3.05, 3.63) is 36.0 Å². The summed E-state index contributed by atoms with van der Waals surface area (Å²) in [6.45, 7) is 5.42. The van der Waals surface area contributed by atoms with Crippen molar-refractivity contribution in [1.29, 1.82) is 0 Å². The van der Waals surface area contributed by atoms with Gasteiger partial charge in [0.1, 0.15) is 0 Å². The number of H-pyrrole nitrogens is 1. The minimum Gasteiger partial charge on any atom is -0.385 e. The average Bonchev–Trinajstić information content (AvgIpc) is 2.98. The smallest absolute Gasteiger partial charge is 0.191 e. The molecule has 0 atom stereocenters. The standard InChI is InChI=1S/C18H28N4O/c1-3-19-18(21-12-7-13-23-2)20-11-6-8-15-14-22-17-10-5-4-9-16(15)17/h4-5,9-10,14,22H,3,6-8,11-13H2,1-2H3,(H2,19,20,21). The highest BCUT2D eigenvalue weighted by molar-refractivity contribution is 5.83. The summed E-state index contributed by atoms with van der Waals surface area (Å²) >= 11 is 0. The maximum atomic E-state index is 5.06. The molecule has 126 valence electrons. The predicted octanol–water partition coefficient (Wildman–Crippen LogP) is 2.69. The van der Waals surface area contributed by atoms with Gasteiger partial charge >= 0.3 is 0 Å². The fraction of sp³-hybridized carbons (Fsp3) is 0.500. The van der Waals surface area contributed by atoms with Crippen molar-refractivity contribution >= 4 is 16.9 Å². The average molecular weight is 316 g/mol. The van der Waals surface area contributed by atoms with Crippen molar-refractivity contribution < 1.29 is 4.74 Å². The Morgan fingerprint density at radius 3 is 2.91 bits per heavy atom. The number of aromatic nitrogens is 1. The van der Waals surface area contributed by atoms with Gasteiger partial charge in [0.2, 0.25) is 0 Å². The van der Waals surface area contributed by atoms with Crippen LogP contribution in [0.2, 0.25) is 0 Å². The van der Waals surface area contributed by atoms with Crippen molar-refractivity contribution in [2.75, 3.05) is 33.4 Å². The van der Waals surface area contributed by atoms with Gasteiger partial charge in [-0.25, -0.2) is 0 Å². The molecule has 0 bridgehead atoms. The minimum absolute atomic E-state index is 0.771. The molecule has 1 aromatic carbocycles. The minimum atomic E-state index is 0.771. The molecule has 3 N–H and O–H groups in total. The summed E-state index contributed by atoms with van der Waals surface area (Å²) in [7, 11) is 1.73. The Labute approximate surface area is 138 Å². The van der Waals surface area contributed by atoms with Crippen LogP contribution in [0.5, 0.6) is 0 Å². The molecule has 0 aliphatic carbocycles. The number of methoxy groups -OCH3 is 1. The molecule has 0 aliphatic heterocycles. The summed E-state index contributed by atoms with van der Waals surface area (Å²) in [6, 6.07) is 8.44. The molecule has 0 saturated carbocycles. The number of aliphatic imine (C=N–C) groups is 1. The monoisotopic (exact) mass is 316 g/mol. The second kappa shape index (κ2) is 9.90. The first-order valence-corrected chi connectivity index (χ1v) is 8.41. The van der Waals surface area contributed by atoms with Gasteiger partial charge in [0.15, 0.2) is 5.96 Å². The molecule has 1 heterocycles. The molecule has 0 unspecified atom stereocenters. The summed E-state index contributed by atoms with van der Waals surface area (Å²) in [5.41, 5.74) is 2.58. The van der Waals surface area contributed by atoms with Gasteiger partial charge in [0.25, 0.3) is 0 Å². The molecular weight excluding hydrogens is 288 g/mol. The van der Waals surface area contributed by atoms with Crippen molar-refractivity contribution in [3.8, 4) is 0 Å². The molecule has 0 saturated heterocycles. The number of guanidine groups is 1. The topological polar surface area (TPSA) is 61.4 Å². The second-order valence-corrected chi connectivity index (χ2v) is 5.50. The summed E-state index contributed by atoms with van der Waals surface area (Å²) < 4.78 is 5.06. The Morgan fingerprint density at radius 1 is 1.22 bits per heavy atom. The number of benzene rings is 1. The summed E-state index contributed by atoms with van der Waals surface area (Å²) in [6.07, 6.45) is 5.17. The van der Waals surface area contributed by atoms with E-state index in [1.54, 1.807) is 7.11 Å². The van der Waals surface area contributed by atoms with E-state index in [0.29, 0.717) is 0 Å². The van der Waals surface area contributed by atoms with Crippen LogP contribution in [0, 0.1) is 0 Å². The largest absolute Gasteiger partial charge is 0.385 e. The molecule has 0 aliphatic rings. The van der Waals surface area contributed by atoms with Crippen molar-refractivity contribution in [2.45, 2.75) is 26.2 Å². The van der Waals surface area contributed by atoms with Gasteiger partial charge in [-0.3, -0.25) is 4.99 Å². The Bertz CT molecular complexity index is 606. The Morgan fingerprint density at radius 2 is 2.09 bits per heavy atom. The summed E-state index contributed by atoms with van der Waals surface area (Å²) in [5, 5.41) is 7.93. The quantitative estimate of drug-likeness (QED) is 0.379. The number of fused-ring (bicyclic) bond motifs is 1. The third-order valence-corrected chi connectivity index (χ3v) is 3.71. The van der Waals surface area contributed by atoms with Gasteiger partial charge in [-0.15, -0.1) is 0 Å². The van der Waals surface area contributed by atoms with Crippen LogP contribution in [0.25, 0.3) is 10.9 Å². The molecule has 1 aromatic heterocycles. The predicted molar refractivity (Wildman–Crippen MR) is 97.1 cm³/mol. The molecule has 5 nitrogen and oxygen atoms in total. The first kappa shape index (κ1) is 17.3. The van der Waals surface area contributed by atoms with Crippen molar-refractivity contribution in [3.63, 3.8) is 0 Å². The molecule has 0 spiro atoms. The molecule has 23 heavy (non-hydrogen) atoms. The molecule has 5 heteroatoms. The van der Waals surface area contributed by atoms with Crippen molar-refractivity contribution in [1.82, 2.24) is 15.6 Å². The van der Waals surface area contributed by atoms with Gasteiger partial charge in [0.05, 0.1) is 0 Å². The van der Waals surface area contributed by atoms with E-state index in [0.717, 1.165) is 51.5 Å². The third-order valence-electron chi connectivity index (χ3n) is 3.71. The number of ether oxygens (including phenoxy) is 1. The zero-order valence-electron chi connectivity index (χ0n) is 14.2. The lowest BCUT2D eigenvalue weighted by Crippen LogP contribution is -2.38. The maximum absolute atomic E-state index is 5.06. The van der Waals surface area contributed by atoms with Gasteiger partial charge in [-0.05, 0) is 37.8 Å². The van der Waals surface area contributed by atoms with Crippen LogP contribution < -0.4 is 10.6 Å². The van der Waals surface area contributed by atoms with Crippen LogP contribution in [0.1, 0.15) is 25.3 Å². The van der Waals surface area contributed by atoms with E-state index < -0.39 is 0 Å². The highest BCUT2D eigenvalue weighted by Crippen LogP contribution is 2.18. The third kappa shape index (κ3) is 5.60. The van der Waals surface area contributed by atoms with Gasteiger partial charge in [0, 0.05) is 50.5 Å². The number of hydrogen-bond acceptors (Lipinski definition) is 2. The fourth-order valence-corrected chi connectivity index (χ4v) is 2.56. The molecule has 0 radical (unpaired) electrons.